The minimum atomic E-state index is -3.39. The maximum atomic E-state index is 12.2. The number of hydrogen-bond acceptors (Lipinski definition) is 2. The average molecular weight is 346 g/mol. The van der Waals surface area contributed by atoms with Crippen LogP contribution in [0.25, 0.3) is 0 Å². The van der Waals surface area contributed by atoms with Crippen molar-refractivity contribution in [3.8, 4) is 0 Å². The summed E-state index contributed by atoms with van der Waals surface area (Å²) >= 11 is 3.28. The fourth-order valence-corrected chi connectivity index (χ4v) is 4.66. The van der Waals surface area contributed by atoms with Crippen LogP contribution < -0.4 is 4.72 Å². The third kappa shape index (κ3) is 4.29. The molecule has 2 rings (SSSR count). The molecule has 1 aliphatic rings. The molecule has 0 spiro atoms. The number of halogens is 1. The van der Waals surface area contributed by atoms with Crippen molar-refractivity contribution in [2.75, 3.05) is 6.54 Å². The molecule has 1 aromatic carbocycles. The Morgan fingerprint density at radius 2 is 1.84 bits per heavy atom. The van der Waals surface area contributed by atoms with E-state index >= 15 is 0 Å². The molecule has 1 saturated carbocycles. The maximum absolute atomic E-state index is 12.2. The SMILES string of the molecule is O=S(=O)(NCCC1CCCCC1)c1ccccc1Br. The third-order valence-electron chi connectivity index (χ3n) is 3.70. The Kier molecular flexibility index (Phi) is 5.42. The molecule has 0 unspecified atom stereocenters. The quantitative estimate of drug-likeness (QED) is 0.884. The molecule has 0 atom stereocenters. The van der Waals surface area contributed by atoms with Crippen LogP contribution in [0.5, 0.6) is 0 Å². The Hall–Kier alpha value is -0.390. The highest BCUT2D eigenvalue weighted by molar-refractivity contribution is 9.10. The first-order valence-corrected chi connectivity index (χ1v) is 9.11. The molecule has 1 fully saturated rings. The van der Waals surface area contributed by atoms with Crippen molar-refractivity contribution in [3.05, 3.63) is 28.7 Å². The van der Waals surface area contributed by atoms with Gasteiger partial charge in [-0.1, -0.05) is 44.2 Å². The van der Waals surface area contributed by atoms with Crippen molar-refractivity contribution in [2.45, 2.75) is 43.4 Å². The summed E-state index contributed by atoms with van der Waals surface area (Å²) < 4.78 is 27.6. The molecule has 1 aromatic rings. The zero-order chi connectivity index (χ0) is 13.7. The number of nitrogens with one attached hydrogen (secondary N) is 1. The molecule has 0 saturated heterocycles. The lowest BCUT2D eigenvalue weighted by molar-refractivity contribution is 0.339. The first-order valence-electron chi connectivity index (χ1n) is 6.84. The van der Waals surface area contributed by atoms with E-state index in [0.29, 0.717) is 21.8 Å². The van der Waals surface area contributed by atoms with Crippen molar-refractivity contribution in [2.24, 2.45) is 5.92 Å². The highest BCUT2D eigenvalue weighted by Gasteiger charge is 2.18. The maximum Gasteiger partial charge on any atom is 0.241 e. The largest absolute Gasteiger partial charge is 0.241 e. The van der Waals surface area contributed by atoms with Gasteiger partial charge in [0.15, 0.2) is 0 Å². The van der Waals surface area contributed by atoms with E-state index in [9.17, 15) is 8.42 Å². The molecular weight excluding hydrogens is 326 g/mol. The second-order valence-electron chi connectivity index (χ2n) is 5.12. The monoisotopic (exact) mass is 345 g/mol. The van der Waals surface area contributed by atoms with Gasteiger partial charge in [0.1, 0.15) is 0 Å². The second-order valence-corrected chi connectivity index (χ2v) is 7.71. The highest BCUT2D eigenvalue weighted by atomic mass is 79.9. The van der Waals surface area contributed by atoms with Gasteiger partial charge in [0.25, 0.3) is 0 Å². The van der Waals surface area contributed by atoms with Crippen molar-refractivity contribution in [3.63, 3.8) is 0 Å². The number of benzene rings is 1. The lowest BCUT2D eigenvalue weighted by Crippen LogP contribution is -2.27. The van der Waals surface area contributed by atoms with Crippen molar-refractivity contribution >= 4 is 26.0 Å². The Morgan fingerprint density at radius 3 is 2.53 bits per heavy atom. The van der Waals surface area contributed by atoms with Gasteiger partial charge in [0, 0.05) is 11.0 Å². The van der Waals surface area contributed by atoms with Gasteiger partial charge >= 0.3 is 0 Å². The summed E-state index contributed by atoms with van der Waals surface area (Å²) in [7, 11) is -3.39. The van der Waals surface area contributed by atoms with E-state index in [0.717, 1.165) is 6.42 Å². The van der Waals surface area contributed by atoms with Crippen LogP contribution in [0.4, 0.5) is 0 Å². The highest BCUT2D eigenvalue weighted by Crippen LogP contribution is 2.26. The molecule has 1 aliphatic carbocycles. The summed E-state index contributed by atoms with van der Waals surface area (Å²) in [5.74, 6) is 0.690. The molecule has 0 radical (unpaired) electrons. The Morgan fingerprint density at radius 1 is 1.16 bits per heavy atom. The molecule has 0 heterocycles. The van der Waals surface area contributed by atoms with Crippen LogP contribution in [0, 0.1) is 5.92 Å². The molecule has 0 bridgehead atoms. The van der Waals surface area contributed by atoms with Crippen LogP contribution in [-0.4, -0.2) is 15.0 Å². The number of sulfonamides is 1. The fraction of sp³-hybridized carbons (Fsp3) is 0.571. The Bertz CT molecular complexity index is 510. The van der Waals surface area contributed by atoms with Gasteiger partial charge in [-0.25, -0.2) is 13.1 Å². The van der Waals surface area contributed by atoms with E-state index in [-0.39, 0.29) is 0 Å². The zero-order valence-corrected chi connectivity index (χ0v) is 13.3. The topological polar surface area (TPSA) is 46.2 Å². The van der Waals surface area contributed by atoms with Crippen molar-refractivity contribution < 1.29 is 8.42 Å². The van der Waals surface area contributed by atoms with Crippen LogP contribution in [0.2, 0.25) is 0 Å². The average Bonchev–Trinajstić information content (AvgIpc) is 2.40. The van der Waals surface area contributed by atoms with E-state index in [1.807, 2.05) is 6.07 Å². The standard InChI is InChI=1S/C14H20BrNO2S/c15-13-8-4-5-9-14(13)19(17,18)16-11-10-12-6-2-1-3-7-12/h4-5,8-9,12,16H,1-3,6-7,10-11H2. The third-order valence-corrected chi connectivity index (χ3v) is 6.17. The van der Waals surface area contributed by atoms with E-state index in [1.165, 1.54) is 32.1 Å². The second kappa shape index (κ2) is 6.86. The van der Waals surface area contributed by atoms with E-state index in [1.54, 1.807) is 18.2 Å². The van der Waals surface area contributed by atoms with E-state index < -0.39 is 10.0 Å². The van der Waals surface area contributed by atoms with Crippen molar-refractivity contribution in [1.29, 1.82) is 0 Å². The summed E-state index contributed by atoms with van der Waals surface area (Å²) in [6.07, 6.45) is 7.36. The lowest BCUT2D eigenvalue weighted by atomic mass is 9.87. The Labute approximate surface area is 124 Å². The molecule has 1 N–H and O–H groups in total. The molecule has 3 nitrogen and oxygen atoms in total. The normalized spacial score (nSPS) is 17.5. The summed E-state index contributed by atoms with van der Waals surface area (Å²) in [6.45, 7) is 0.536. The summed E-state index contributed by atoms with van der Waals surface area (Å²) in [6, 6.07) is 6.91. The van der Waals surface area contributed by atoms with Crippen LogP contribution in [0.1, 0.15) is 38.5 Å². The molecule has 5 heteroatoms. The Balaban J connectivity index is 1.89. The van der Waals surface area contributed by atoms with Crippen LogP contribution in [-0.2, 0) is 10.0 Å². The summed E-state index contributed by atoms with van der Waals surface area (Å²) in [5, 5.41) is 0. The summed E-state index contributed by atoms with van der Waals surface area (Å²) in [5.41, 5.74) is 0. The molecule has 106 valence electrons. The van der Waals surface area contributed by atoms with Gasteiger partial charge in [-0.15, -0.1) is 0 Å². The fourth-order valence-electron chi connectivity index (χ4n) is 2.61. The zero-order valence-electron chi connectivity index (χ0n) is 10.9. The predicted molar refractivity (Wildman–Crippen MR) is 80.5 cm³/mol. The lowest BCUT2D eigenvalue weighted by Gasteiger charge is -2.21. The van der Waals surface area contributed by atoms with Crippen LogP contribution in [0.3, 0.4) is 0 Å². The van der Waals surface area contributed by atoms with Crippen molar-refractivity contribution in [1.82, 2.24) is 4.72 Å². The van der Waals surface area contributed by atoms with Gasteiger partial charge in [0.05, 0.1) is 4.90 Å². The smallest absolute Gasteiger partial charge is 0.211 e. The van der Waals surface area contributed by atoms with Gasteiger partial charge in [-0.2, -0.15) is 0 Å². The molecular formula is C14H20BrNO2S. The minimum absolute atomic E-state index is 0.318. The predicted octanol–water partition coefficient (Wildman–Crippen LogP) is 3.70. The summed E-state index contributed by atoms with van der Waals surface area (Å²) in [4.78, 5) is 0.318. The number of rotatable bonds is 5. The van der Waals surface area contributed by atoms with E-state index in [4.69, 9.17) is 0 Å². The number of hydrogen-bond donors (Lipinski definition) is 1. The van der Waals surface area contributed by atoms with Gasteiger partial charge in [-0.05, 0) is 40.4 Å². The van der Waals surface area contributed by atoms with Crippen LogP contribution in [0.15, 0.2) is 33.6 Å². The van der Waals surface area contributed by atoms with E-state index in [2.05, 4.69) is 20.7 Å². The van der Waals surface area contributed by atoms with Gasteiger partial charge in [0.2, 0.25) is 10.0 Å². The molecule has 0 amide bonds. The van der Waals surface area contributed by atoms with Crippen LogP contribution >= 0.6 is 15.9 Å². The van der Waals surface area contributed by atoms with Gasteiger partial charge < -0.3 is 0 Å². The molecule has 0 aliphatic heterocycles. The first-order chi connectivity index (χ1) is 9.09. The molecule has 19 heavy (non-hydrogen) atoms. The first kappa shape index (κ1) is 15.0. The minimum Gasteiger partial charge on any atom is -0.211 e. The van der Waals surface area contributed by atoms with Gasteiger partial charge in [-0.3, -0.25) is 0 Å². The molecule has 0 aromatic heterocycles.